The van der Waals surface area contributed by atoms with E-state index in [1.807, 2.05) is 18.2 Å². The minimum Gasteiger partial charge on any atom is -0.477 e. The Kier molecular flexibility index (Phi) is 4.71. The van der Waals surface area contributed by atoms with Crippen molar-refractivity contribution in [2.24, 2.45) is 16.9 Å². The minimum atomic E-state index is -1.01. The van der Waals surface area contributed by atoms with Gasteiger partial charge < -0.3 is 5.11 Å². The lowest BCUT2D eigenvalue weighted by Crippen LogP contribution is -2.40. The second-order valence-electron chi connectivity index (χ2n) is 8.25. The summed E-state index contributed by atoms with van der Waals surface area (Å²) in [6.45, 7) is 7.25. The molecule has 0 saturated heterocycles. The van der Waals surface area contributed by atoms with Gasteiger partial charge in [-0.05, 0) is 55.9 Å². The number of aromatic carboxylic acids is 1. The van der Waals surface area contributed by atoms with Crippen LogP contribution in [0.3, 0.4) is 0 Å². The zero-order valence-electron chi connectivity index (χ0n) is 16.4. The Morgan fingerprint density at radius 1 is 1.20 bits per heavy atom. The summed E-state index contributed by atoms with van der Waals surface area (Å²) >= 11 is 6.34. The van der Waals surface area contributed by atoms with Crippen molar-refractivity contribution in [3.05, 3.63) is 63.7 Å². The number of carboxylic acids is 1. The second kappa shape index (κ2) is 7.41. The van der Waals surface area contributed by atoms with E-state index < -0.39 is 5.97 Å². The molecule has 2 aromatic rings. The van der Waals surface area contributed by atoms with Crippen LogP contribution in [-0.2, 0) is 6.42 Å². The minimum absolute atomic E-state index is 0.0801. The molecule has 3 aliphatic rings. The highest BCUT2D eigenvalue weighted by Gasteiger charge is 2.45. The molecule has 1 aliphatic heterocycles. The van der Waals surface area contributed by atoms with Crippen LogP contribution in [0, 0.1) is 18.4 Å². The van der Waals surface area contributed by atoms with Gasteiger partial charge in [-0.2, -0.15) is 5.10 Å². The van der Waals surface area contributed by atoms with Gasteiger partial charge in [-0.3, -0.25) is 5.01 Å². The van der Waals surface area contributed by atoms with Crippen LogP contribution in [0.2, 0.25) is 5.02 Å². The van der Waals surface area contributed by atoms with Crippen LogP contribution in [0.15, 0.2) is 35.4 Å². The summed E-state index contributed by atoms with van der Waals surface area (Å²) in [5, 5.41) is 16.9. The molecule has 0 amide bonds. The molecule has 7 heteroatoms. The van der Waals surface area contributed by atoms with E-state index in [-0.39, 0.29) is 17.7 Å². The normalized spacial score (nSPS) is 22.9. The number of carbonyl (C=O) groups is 1. The summed E-state index contributed by atoms with van der Waals surface area (Å²) < 4.78 is 0. The van der Waals surface area contributed by atoms with E-state index in [4.69, 9.17) is 23.3 Å². The zero-order chi connectivity index (χ0) is 20.8. The van der Waals surface area contributed by atoms with Gasteiger partial charge in [0.25, 0.3) is 0 Å². The number of benzene rings is 1. The number of fused-ring (bicyclic) bond motifs is 3. The summed E-state index contributed by atoms with van der Waals surface area (Å²) in [6, 6.07) is 9.21. The van der Waals surface area contributed by atoms with Gasteiger partial charge >= 0.3 is 5.97 Å². The third-order valence-electron chi connectivity index (χ3n) is 6.62. The number of hydrogen-bond donors (Lipinski definition) is 1. The van der Waals surface area contributed by atoms with Gasteiger partial charge in [-0.1, -0.05) is 30.5 Å². The monoisotopic (exact) mass is 420 g/mol. The van der Waals surface area contributed by atoms with E-state index in [1.54, 1.807) is 12.1 Å². The summed E-state index contributed by atoms with van der Waals surface area (Å²) in [6.07, 6.45) is 6.54. The van der Waals surface area contributed by atoms with E-state index in [0.717, 1.165) is 35.5 Å². The van der Waals surface area contributed by atoms with Crippen LogP contribution in [0.1, 0.15) is 53.8 Å². The lowest BCUT2D eigenvalue weighted by Gasteiger charge is -2.34. The van der Waals surface area contributed by atoms with Gasteiger partial charge in [0.2, 0.25) is 5.69 Å². The number of nitrogens with zero attached hydrogens (tertiary/aromatic N) is 4. The predicted octanol–water partition coefficient (Wildman–Crippen LogP) is 5.33. The van der Waals surface area contributed by atoms with Gasteiger partial charge in [0.1, 0.15) is 5.69 Å². The van der Waals surface area contributed by atoms with Crippen molar-refractivity contribution in [1.82, 2.24) is 4.98 Å². The van der Waals surface area contributed by atoms with Gasteiger partial charge in [-0.15, -0.1) is 0 Å². The highest BCUT2D eigenvalue weighted by Crippen LogP contribution is 2.45. The predicted molar refractivity (Wildman–Crippen MR) is 115 cm³/mol. The maximum atomic E-state index is 11.3. The van der Waals surface area contributed by atoms with Crippen molar-refractivity contribution in [2.75, 3.05) is 5.01 Å². The van der Waals surface area contributed by atoms with Gasteiger partial charge in [-0.25, -0.2) is 14.6 Å². The summed E-state index contributed by atoms with van der Waals surface area (Å²) in [5.74, 6) is -0.158. The number of anilines is 1. The Morgan fingerprint density at radius 2 is 2.00 bits per heavy atom. The average Bonchev–Trinajstić information content (AvgIpc) is 3.40. The zero-order valence-corrected chi connectivity index (χ0v) is 17.1. The van der Waals surface area contributed by atoms with Crippen LogP contribution >= 0.6 is 11.6 Å². The summed E-state index contributed by atoms with van der Waals surface area (Å²) in [7, 11) is 0. The molecule has 5 rings (SSSR count). The van der Waals surface area contributed by atoms with E-state index in [1.165, 1.54) is 25.7 Å². The molecule has 0 radical (unpaired) electrons. The molecule has 0 bridgehead atoms. The van der Waals surface area contributed by atoms with E-state index >= 15 is 0 Å². The molecule has 1 fully saturated rings. The van der Waals surface area contributed by atoms with E-state index in [9.17, 15) is 9.90 Å². The standard InChI is InChI=1S/C23H21ClN4O2/c1-25-19-9-6-14(12-17(19)24)28-22(13-4-2-3-5-13)16-8-10-18-15(21(16)27-28)7-11-20(26-18)23(29)30/h6-7,9,11-13,16,22H,2-5,8,10H2,(H,29,30)/t16-,22-/m0/s1. The lowest BCUT2D eigenvalue weighted by atomic mass is 9.76. The van der Waals surface area contributed by atoms with Crippen molar-refractivity contribution in [3.8, 4) is 0 Å². The Balaban J connectivity index is 1.59. The Morgan fingerprint density at radius 3 is 2.70 bits per heavy atom. The van der Waals surface area contributed by atoms with Gasteiger partial charge in [0.15, 0.2) is 0 Å². The Bertz CT molecular complexity index is 1100. The molecule has 2 aliphatic carbocycles. The van der Waals surface area contributed by atoms with Crippen LogP contribution in [0.4, 0.5) is 11.4 Å². The van der Waals surface area contributed by atoms with Gasteiger partial charge in [0.05, 0.1) is 29.7 Å². The molecular formula is C23H21ClN4O2. The van der Waals surface area contributed by atoms with Crippen molar-refractivity contribution >= 4 is 34.7 Å². The molecular weight excluding hydrogens is 400 g/mol. The fraction of sp³-hybridized carbons (Fsp3) is 0.391. The Hall–Kier alpha value is -2.91. The molecule has 6 nitrogen and oxygen atoms in total. The van der Waals surface area contributed by atoms with Crippen molar-refractivity contribution in [3.63, 3.8) is 0 Å². The second-order valence-corrected chi connectivity index (χ2v) is 8.66. The molecule has 1 saturated carbocycles. The van der Waals surface area contributed by atoms with Crippen molar-refractivity contribution in [1.29, 1.82) is 0 Å². The third kappa shape index (κ3) is 3.05. The molecule has 1 aromatic heterocycles. The fourth-order valence-corrected chi connectivity index (χ4v) is 5.49. The van der Waals surface area contributed by atoms with Crippen LogP contribution in [0.25, 0.3) is 4.85 Å². The quantitative estimate of drug-likeness (QED) is 0.681. The number of rotatable bonds is 3. The number of hydrogen-bond acceptors (Lipinski definition) is 4. The molecule has 2 atom stereocenters. The van der Waals surface area contributed by atoms with Crippen molar-refractivity contribution in [2.45, 2.75) is 44.6 Å². The van der Waals surface area contributed by atoms with E-state index in [0.29, 0.717) is 16.6 Å². The average molecular weight is 421 g/mol. The molecule has 0 unspecified atom stereocenters. The highest BCUT2D eigenvalue weighted by molar-refractivity contribution is 6.33. The first-order valence-electron chi connectivity index (χ1n) is 10.3. The van der Waals surface area contributed by atoms with Crippen LogP contribution < -0.4 is 5.01 Å². The topological polar surface area (TPSA) is 70.2 Å². The number of carboxylic acid groups (broad SMARTS) is 1. The maximum Gasteiger partial charge on any atom is 0.354 e. The number of hydrazone groups is 1. The van der Waals surface area contributed by atoms with Gasteiger partial charge in [0, 0.05) is 16.5 Å². The number of aryl methyl sites for hydroxylation is 1. The molecule has 0 spiro atoms. The first-order valence-corrected chi connectivity index (χ1v) is 10.7. The first kappa shape index (κ1) is 19.1. The SMILES string of the molecule is [C-]#[N+]c1ccc(N2N=C3c4ccc(C(=O)O)nc4CC[C@@H]3[C@@H]2C2CCCC2)cc1Cl. The number of pyridine rings is 1. The smallest absolute Gasteiger partial charge is 0.354 e. The third-order valence-corrected chi connectivity index (χ3v) is 6.92. The van der Waals surface area contributed by atoms with E-state index in [2.05, 4.69) is 14.8 Å². The van der Waals surface area contributed by atoms with Crippen molar-refractivity contribution < 1.29 is 9.90 Å². The molecule has 152 valence electrons. The van der Waals surface area contributed by atoms with Crippen LogP contribution in [0.5, 0.6) is 0 Å². The Labute approximate surface area is 180 Å². The maximum absolute atomic E-state index is 11.3. The molecule has 1 aromatic carbocycles. The highest BCUT2D eigenvalue weighted by atomic mass is 35.5. The largest absolute Gasteiger partial charge is 0.477 e. The molecule has 2 heterocycles. The first-order chi connectivity index (χ1) is 14.6. The molecule has 30 heavy (non-hydrogen) atoms. The van der Waals surface area contributed by atoms with Crippen LogP contribution in [-0.4, -0.2) is 27.8 Å². The number of aromatic nitrogens is 1. The number of halogens is 1. The lowest BCUT2D eigenvalue weighted by molar-refractivity contribution is 0.0690. The summed E-state index contributed by atoms with van der Waals surface area (Å²) in [5.41, 5.74) is 4.21. The summed E-state index contributed by atoms with van der Waals surface area (Å²) in [4.78, 5) is 19.2. The molecule has 1 N–H and O–H groups in total. The fourth-order valence-electron chi connectivity index (χ4n) is 5.27.